The van der Waals surface area contributed by atoms with Crippen molar-refractivity contribution in [2.24, 2.45) is 0 Å². The van der Waals surface area contributed by atoms with Crippen LogP contribution < -0.4 is 5.32 Å². The second-order valence-corrected chi connectivity index (χ2v) is 10.7. The molecule has 1 atom stereocenters. The van der Waals surface area contributed by atoms with Gasteiger partial charge in [-0.2, -0.15) is 0 Å². The smallest absolute Gasteiger partial charge is 0.224 e. The molecule has 1 N–H and O–H groups in total. The van der Waals surface area contributed by atoms with Crippen LogP contribution in [-0.4, -0.2) is 26.9 Å². The van der Waals surface area contributed by atoms with E-state index in [0.717, 1.165) is 0 Å². The Kier molecular flexibility index (Phi) is 3.96. The Labute approximate surface area is 99.4 Å². The topological polar surface area (TPSA) is 38.3 Å². The average molecular weight is 241 g/mol. The lowest BCUT2D eigenvalue weighted by Gasteiger charge is -2.37. The van der Waals surface area contributed by atoms with Gasteiger partial charge in [-0.3, -0.25) is 4.79 Å². The van der Waals surface area contributed by atoms with Gasteiger partial charge in [-0.1, -0.05) is 32.9 Å². The van der Waals surface area contributed by atoms with Gasteiger partial charge >= 0.3 is 0 Å². The quantitative estimate of drug-likeness (QED) is 0.609. The highest BCUT2D eigenvalue weighted by atomic mass is 28.4. The lowest BCUT2D eigenvalue weighted by molar-refractivity contribution is -0.121. The maximum absolute atomic E-state index is 11.2. The Morgan fingerprint density at radius 2 is 2.12 bits per heavy atom. The molecule has 0 saturated carbocycles. The standard InChI is InChI=1S/C12H23NO2Si/c1-12(2,3)16(4,5)15-9-10-7-6-8-11(14)13-10/h6-7,10H,8-9H2,1-5H3,(H,13,14)/t10-/m0/s1. The Morgan fingerprint density at radius 3 is 2.62 bits per heavy atom. The van der Waals surface area contributed by atoms with Crippen LogP contribution in [0.3, 0.4) is 0 Å². The van der Waals surface area contributed by atoms with E-state index in [1.807, 2.05) is 12.2 Å². The number of carbonyl (C=O) groups excluding carboxylic acids is 1. The summed E-state index contributed by atoms with van der Waals surface area (Å²) in [6.45, 7) is 11.7. The summed E-state index contributed by atoms with van der Waals surface area (Å²) in [5, 5.41) is 3.13. The van der Waals surface area contributed by atoms with Crippen molar-refractivity contribution in [1.29, 1.82) is 0 Å². The van der Waals surface area contributed by atoms with Crippen molar-refractivity contribution in [3.8, 4) is 0 Å². The van der Waals surface area contributed by atoms with Gasteiger partial charge in [0, 0.05) is 6.42 Å². The van der Waals surface area contributed by atoms with Gasteiger partial charge in [0.05, 0.1) is 12.6 Å². The van der Waals surface area contributed by atoms with Crippen molar-refractivity contribution in [2.45, 2.75) is 51.4 Å². The third kappa shape index (κ3) is 3.45. The van der Waals surface area contributed by atoms with Crippen LogP contribution in [0.2, 0.25) is 18.1 Å². The van der Waals surface area contributed by atoms with Crippen LogP contribution in [0.5, 0.6) is 0 Å². The third-order valence-electron chi connectivity index (χ3n) is 3.45. The summed E-state index contributed by atoms with van der Waals surface area (Å²) in [4.78, 5) is 11.2. The van der Waals surface area contributed by atoms with Gasteiger partial charge in [0.1, 0.15) is 0 Å². The third-order valence-corrected chi connectivity index (χ3v) is 7.95. The SMILES string of the molecule is CC(C)(C)[Si](C)(C)OC[C@@H]1C=CCC(=O)N1. The second kappa shape index (κ2) is 4.71. The first-order chi connectivity index (χ1) is 7.22. The minimum atomic E-state index is -1.70. The summed E-state index contributed by atoms with van der Waals surface area (Å²) in [6, 6.07) is 0.0513. The van der Waals surface area contributed by atoms with E-state index in [2.05, 4.69) is 39.2 Å². The lowest BCUT2D eigenvalue weighted by atomic mass is 10.2. The minimum Gasteiger partial charge on any atom is -0.414 e. The summed E-state index contributed by atoms with van der Waals surface area (Å²) < 4.78 is 6.05. The zero-order valence-electron chi connectivity index (χ0n) is 11.0. The van der Waals surface area contributed by atoms with Crippen LogP contribution in [0.15, 0.2) is 12.2 Å². The van der Waals surface area contributed by atoms with Crippen LogP contribution in [0.4, 0.5) is 0 Å². The molecule has 0 fully saturated rings. The van der Waals surface area contributed by atoms with Gasteiger partial charge < -0.3 is 9.74 Å². The highest BCUT2D eigenvalue weighted by Gasteiger charge is 2.37. The Morgan fingerprint density at radius 1 is 1.50 bits per heavy atom. The molecule has 0 aromatic carbocycles. The number of hydrogen-bond acceptors (Lipinski definition) is 2. The summed E-state index contributed by atoms with van der Waals surface area (Å²) in [7, 11) is -1.70. The van der Waals surface area contributed by atoms with Gasteiger partial charge in [-0.05, 0) is 18.1 Å². The van der Waals surface area contributed by atoms with Crippen LogP contribution in [0, 0.1) is 0 Å². The van der Waals surface area contributed by atoms with Crippen molar-refractivity contribution in [2.75, 3.05) is 6.61 Å². The number of nitrogens with one attached hydrogen (secondary N) is 1. The maximum Gasteiger partial charge on any atom is 0.224 e. The number of rotatable bonds is 3. The molecule has 4 heteroatoms. The number of carbonyl (C=O) groups is 1. The van der Waals surface area contributed by atoms with Gasteiger partial charge in [-0.25, -0.2) is 0 Å². The van der Waals surface area contributed by atoms with E-state index >= 15 is 0 Å². The molecule has 0 aromatic rings. The minimum absolute atomic E-state index is 0.0513. The largest absolute Gasteiger partial charge is 0.414 e. The van der Waals surface area contributed by atoms with Crippen molar-refractivity contribution < 1.29 is 9.22 Å². The van der Waals surface area contributed by atoms with E-state index < -0.39 is 8.32 Å². The van der Waals surface area contributed by atoms with Crippen molar-refractivity contribution in [3.05, 3.63) is 12.2 Å². The summed E-state index contributed by atoms with van der Waals surface area (Å²) in [5.74, 6) is 0.0892. The summed E-state index contributed by atoms with van der Waals surface area (Å²) in [6.07, 6.45) is 4.43. The van der Waals surface area contributed by atoms with E-state index in [4.69, 9.17) is 4.43 Å². The number of amides is 1. The lowest BCUT2D eigenvalue weighted by Crippen LogP contribution is -2.46. The van der Waals surface area contributed by atoms with Gasteiger partial charge in [-0.15, -0.1) is 0 Å². The van der Waals surface area contributed by atoms with Gasteiger partial charge in [0.15, 0.2) is 8.32 Å². The van der Waals surface area contributed by atoms with E-state index in [1.54, 1.807) is 0 Å². The highest BCUT2D eigenvalue weighted by Crippen LogP contribution is 2.36. The molecule has 92 valence electrons. The van der Waals surface area contributed by atoms with Crippen LogP contribution in [0.1, 0.15) is 27.2 Å². The van der Waals surface area contributed by atoms with Crippen molar-refractivity contribution in [1.82, 2.24) is 5.32 Å². The molecule has 1 rings (SSSR count). The molecule has 0 aliphatic carbocycles. The maximum atomic E-state index is 11.2. The zero-order valence-corrected chi connectivity index (χ0v) is 12.0. The van der Waals surface area contributed by atoms with Gasteiger partial charge in [0.2, 0.25) is 5.91 Å². The fourth-order valence-corrected chi connectivity index (χ4v) is 2.29. The number of hydrogen-bond donors (Lipinski definition) is 1. The normalized spacial score (nSPS) is 22.1. The zero-order chi connectivity index (χ0) is 12.4. The highest BCUT2D eigenvalue weighted by molar-refractivity contribution is 6.74. The Hall–Kier alpha value is -0.613. The predicted molar refractivity (Wildman–Crippen MR) is 68.8 cm³/mol. The van der Waals surface area contributed by atoms with E-state index in [1.165, 1.54) is 0 Å². The molecular formula is C12H23NO2Si. The Balaban J connectivity index is 2.48. The van der Waals surface area contributed by atoms with Gasteiger partial charge in [0.25, 0.3) is 0 Å². The Bertz CT molecular complexity index is 292. The average Bonchev–Trinajstić information content (AvgIpc) is 2.13. The molecule has 0 radical (unpaired) electrons. The first-order valence-electron chi connectivity index (χ1n) is 5.82. The summed E-state index contributed by atoms with van der Waals surface area (Å²) in [5.41, 5.74) is 0. The van der Waals surface area contributed by atoms with E-state index in [0.29, 0.717) is 13.0 Å². The van der Waals surface area contributed by atoms with Crippen LogP contribution in [-0.2, 0) is 9.22 Å². The molecule has 1 amide bonds. The molecule has 1 aliphatic heterocycles. The summed E-state index contributed by atoms with van der Waals surface area (Å²) >= 11 is 0. The van der Waals surface area contributed by atoms with Crippen molar-refractivity contribution in [3.63, 3.8) is 0 Å². The first kappa shape index (κ1) is 13.5. The molecule has 0 spiro atoms. The molecule has 0 saturated heterocycles. The molecule has 0 bridgehead atoms. The molecule has 3 nitrogen and oxygen atoms in total. The molecule has 0 unspecified atom stereocenters. The molecule has 1 heterocycles. The van der Waals surface area contributed by atoms with E-state index in [9.17, 15) is 4.79 Å². The van der Waals surface area contributed by atoms with Crippen LogP contribution in [0.25, 0.3) is 0 Å². The molecule has 1 aliphatic rings. The fraction of sp³-hybridized carbons (Fsp3) is 0.750. The molecular weight excluding hydrogens is 218 g/mol. The van der Waals surface area contributed by atoms with Crippen molar-refractivity contribution >= 4 is 14.2 Å². The second-order valence-electron chi connectivity index (χ2n) is 5.88. The molecule has 0 aromatic heterocycles. The fourth-order valence-electron chi connectivity index (χ4n) is 1.27. The first-order valence-corrected chi connectivity index (χ1v) is 8.73. The van der Waals surface area contributed by atoms with Crippen LogP contribution >= 0.6 is 0 Å². The molecule has 16 heavy (non-hydrogen) atoms. The monoisotopic (exact) mass is 241 g/mol. The van der Waals surface area contributed by atoms with E-state index in [-0.39, 0.29) is 17.0 Å². The predicted octanol–water partition coefficient (Wildman–Crippen LogP) is 2.45.